The van der Waals surface area contributed by atoms with E-state index in [0.717, 1.165) is 23.7 Å². The highest BCUT2D eigenvalue weighted by Crippen LogP contribution is 2.36. The van der Waals surface area contributed by atoms with Crippen molar-refractivity contribution in [2.45, 2.75) is 41.7 Å². The Morgan fingerprint density at radius 2 is 1.96 bits per heavy atom. The lowest BCUT2D eigenvalue weighted by Gasteiger charge is -2.35. The van der Waals surface area contributed by atoms with E-state index in [1.807, 2.05) is 30.3 Å². The van der Waals surface area contributed by atoms with E-state index in [1.165, 1.54) is 11.0 Å². The van der Waals surface area contributed by atoms with Crippen LogP contribution in [-0.4, -0.2) is 33.2 Å². The summed E-state index contributed by atoms with van der Waals surface area (Å²) in [6.07, 6.45) is -1.50. The van der Waals surface area contributed by atoms with Crippen molar-refractivity contribution in [1.82, 2.24) is 15.1 Å². The Labute approximate surface area is 141 Å². The number of benzene rings is 1. The van der Waals surface area contributed by atoms with Crippen LogP contribution in [0.2, 0.25) is 0 Å². The minimum absolute atomic E-state index is 0.0124. The molecule has 0 unspecified atom stereocenters. The Bertz CT molecular complexity index is 696. The molecule has 2 aromatic rings. The summed E-state index contributed by atoms with van der Waals surface area (Å²) in [6, 6.07) is 11.4. The molecule has 0 spiro atoms. The summed E-state index contributed by atoms with van der Waals surface area (Å²) in [7, 11) is 0. The van der Waals surface area contributed by atoms with Crippen LogP contribution in [0.4, 0.5) is 13.2 Å². The third kappa shape index (κ3) is 4.53. The first-order valence-corrected chi connectivity index (χ1v) is 8.40. The van der Waals surface area contributed by atoms with Gasteiger partial charge in [-0.15, -0.1) is 11.8 Å². The summed E-state index contributed by atoms with van der Waals surface area (Å²) in [5.41, 5.74) is 0.0124. The average Bonchev–Trinajstić information content (AvgIpc) is 2.92. The number of nitrogens with one attached hydrogen (secondary N) is 1. The molecule has 128 valence electrons. The predicted molar refractivity (Wildman–Crippen MR) is 84.9 cm³/mol. The molecule has 1 saturated carbocycles. The van der Waals surface area contributed by atoms with E-state index >= 15 is 0 Å². The standard InChI is InChI=1S/C16H16F3N3OS/c17-16(18,19)10-22-7-6-14(21-22)15(23)20-11-8-13(9-11)24-12-4-2-1-3-5-12/h1-7,11,13H,8-10H2,(H,20,23). The summed E-state index contributed by atoms with van der Waals surface area (Å²) in [5.74, 6) is -0.427. The second-order valence-corrected chi connectivity index (χ2v) is 7.08. The summed E-state index contributed by atoms with van der Waals surface area (Å²) < 4.78 is 37.6. The Balaban J connectivity index is 1.45. The number of hydrogen-bond donors (Lipinski definition) is 1. The maximum Gasteiger partial charge on any atom is 0.408 e. The van der Waals surface area contributed by atoms with Gasteiger partial charge in [0.05, 0.1) is 0 Å². The minimum Gasteiger partial charge on any atom is -0.348 e. The largest absolute Gasteiger partial charge is 0.408 e. The van der Waals surface area contributed by atoms with Crippen LogP contribution in [0.15, 0.2) is 47.5 Å². The zero-order valence-corrected chi connectivity index (χ0v) is 13.5. The van der Waals surface area contributed by atoms with Crippen LogP contribution >= 0.6 is 11.8 Å². The maximum absolute atomic E-state index is 12.3. The van der Waals surface area contributed by atoms with Gasteiger partial charge >= 0.3 is 6.18 Å². The minimum atomic E-state index is -4.35. The number of alkyl halides is 3. The van der Waals surface area contributed by atoms with Crippen molar-refractivity contribution < 1.29 is 18.0 Å². The van der Waals surface area contributed by atoms with E-state index in [2.05, 4.69) is 10.4 Å². The fourth-order valence-electron chi connectivity index (χ4n) is 2.49. The van der Waals surface area contributed by atoms with Gasteiger partial charge in [-0.25, -0.2) is 0 Å². The molecule has 8 heteroatoms. The lowest BCUT2D eigenvalue weighted by molar-refractivity contribution is -0.142. The summed E-state index contributed by atoms with van der Waals surface area (Å²) in [6.45, 7) is -1.19. The van der Waals surface area contributed by atoms with Crippen molar-refractivity contribution in [1.29, 1.82) is 0 Å². The molecule has 1 aromatic heterocycles. The number of halogens is 3. The van der Waals surface area contributed by atoms with E-state index < -0.39 is 18.6 Å². The molecular formula is C16H16F3N3OS. The molecule has 4 nitrogen and oxygen atoms in total. The first-order chi connectivity index (χ1) is 11.4. The van der Waals surface area contributed by atoms with Crippen molar-refractivity contribution in [3.05, 3.63) is 48.3 Å². The van der Waals surface area contributed by atoms with Gasteiger partial charge in [0.2, 0.25) is 0 Å². The highest BCUT2D eigenvalue weighted by molar-refractivity contribution is 8.00. The van der Waals surface area contributed by atoms with Crippen molar-refractivity contribution >= 4 is 17.7 Å². The monoisotopic (exact) mass is 355 g/mol. The van der Waals surface area contributed by atoms with Crippen molar-refractivity contribution in [3.63, 3.8) is 0 Å². The molecular weight excluding hydrogens is 339 g/mol. The molecule has 1 N–H and O–H groups in total. The van der Waals surface area contributed by atoms with Crippen molar-refractivity contribution in [2.24, 2.45) is 0 Å². The van der Waals surface area contributed by atoms with E-state index in [9.17, 15) is 18.0 Å². The summed E-state index contributed by atoms with van der Waals surface area (Å²) in [4.78, 5) is 13.2. The van der Waals surface area contributed by atoms with Crippen LogP contribution in [0.5, 0.6) is 0 Å². The number of aromatic nitrogens is 2. The van der Waals surface area contributed by atoms with Crippen molar-refractivity contribution in [3.8, 4) is 0 Å². The number of amides is 1. The molecule has 0 aliphatic heterocycles. The topological polar surface area (TPSA) is 46.9 Å². The first-order valence-electron chi connectivity index (χ1n) is 7.52. The second-order valence-electron chi connectivity index (χ2n) is 5.71. The van der Waals surface area contributed by atoms with Crippen LogP contribution in [0.1, 0.15) is 23.3 Å². The molecule has 0 saturated heterocycles. The van der Waals surface area contributed by atoms with Gasteiger partial charge in [0.1, 0.15) is 12.2 Å². The zero-order chi connectivity index (χ0) is 17.2. The average molecular weight is 355 g/mol. The molecule has 1 aromatic carbocycles. The third-order valence-electron chi connectivity index (χ3n) is 3.69. The molecule has 3 rings (SSSR count). The van der Waals surface area contributed by atoms with Crippen LogP contribution in [0.3, 0.4) is 0 Å². The molecule has 1 heterocycles. The van der Waals surface area contributed by atoms with Crippen LogP contribution in [-0.2, 0) is 6.54 Å². The smallest absolute Gasteiger partial charge is 0.348 e. The molecule has 0 radical (unpaired) electrons. The second kappa shape index (κ2) is 6.88. The van der Waals surface area contributed by atoms with Gasteiger partial charge in [0, 0.05) is 22.4 Å². The molecule has 24 heavy (non-hydrogen) atoms. The Morgan fingerprint density at radius 3 is 2.62 bits per heavy atom. The maximum atomic E-state index is 12.3. The molecule has 1 amide bonds. The Morgan fingerprint density at radius 1 is 1.25 bits per heavy atom. The van der Waals surface area contributed by atoms with Gasteiger partial charge in [-0.1, -0.05) is 18.2 Å². The van der Waals surface area contributed by atoms with Crippen LogP contribution in [0, 0.1) is 0 Å². The van der Waals surface area contributed by atoms with Crippen LogP contribution in [0.25, 0.3) is 0 Å². The van der Waals surface area contributed by atoms with E-state index in [-0.39, 0.29) is 11.7 Å². The number of rotatable bonds is 5. The van der Waals surface area contributed by atoms with Gasteiger partial charge in [-0.05, 0) is 31.0 Å². The number of hydrogen-bond acceptors (Lipinski definition) is 3. The number of carbonyl (C=O) groups is 1. The van der Waals surface area contributed by atoms with E-state index in [1.54, 1.807) is 11.8 Å². The lowest BCUT2D eigenvalue weighted by atomic mass is 9.92. The van der Waals surface area contributed by atoms with Gasteiger partial charge in [-0.3, -0.25) is 9.48 Å². The molecule has 1 aliphatic rings. The quantitative estimate of drug-likeness (QED) is 0.893. The van der Waals surface area contributed by atoms with E-state index in [0.29, 0.717) is 5.25 Å². The fourth-order valence-corrected chi connectivity index (χ4v) is 3.84. The molecule has 0 bridgehead atoms. The zero-order valence-electron chi connectivity index (χ0n) is 12.7. The molecule has 1 fully saturated rings. The third-order valence-corrected chi connectivity index (χ3v) is 4.95. The highest BCUT2D eigenvalue weighted by Gasteiger charge is 2.32. The van der Waals surface area contributed by atoms with Gasteiger partial charge in [-0.2, -0.15) is 18.3 Å². The lowest BCUT2D eigenvalue weighted by Crippen LogP contribution is -2.45. The van der Waals surface area contributed by atoms with Gasteiger partial charge in [0.15, 0.2) is 0 Å². The van der Waals surface area contributed by atoms with E-state index in [4.69, 9.17) is 0 Å². The molecule has 0 atom stereocenters. The normalized spacial score (nSPS) is 20.5. The van der Waals surface area contributed by atoms with Gasteiger partial charge < -0.3 is 5.32 Å². The summed E-state index contributed by atoms with van der Waals surface area (Å²) in [5, 5.41) is 6.93. The Kier molecular flexibility index (Phi) is 4.84. The predicted octanol–water partition coefficient (Wildman–Crippen LogP) is 3.50. The van der Waals surface area contributed by atoms with Gasteiger partial charge in [0.25, 0.3) is 5.91 Å². The SMILES string of the molecule is O=C(NC1CC(Sc2ccccc2)C1)c1ccn(CC(F)(F)F)n1. The number of thioether (sulfide) groups is 1. The van der Waals surface area contributed by atoms with Crippen molar-refractivity contribution in [2.75, 3.05) is 0 Å². The Hall–Kier alpha value is -1.96. The van der Waals surface area contributed by atoms with Crippen LogP contribution < -0.4 is 5.32 Å². The highest BCUT2D eigenvalue weighted by atomic mass is 32.2. The number of carbonyl (C=O) groups excluding carboxylic acids is 1. The molecule has 1 aliphatic carbocycles. The fraction of sp³-hybridized carbons (Fsp3) is 0.375. The summed E-state index contributed by atoms with van der Waals surface area (Å²) >= 11 is 1.77. The number of nitrogens with zero attached hydrogens (tertiary/aromatic N) is 2. The first kappa shape index (κ1) is 16.9.